The summed E-state index contributed by atoms with van der Waals surface area (Å²) in [6, 6.07) is 20.5. The van der Waals surface area contributed by atoms with E-state index >= 15 is 0 Å². The summed E-state index contributed by atoms with van der Waals surface area (Å²) in [5.41, 5.74) is 0.700. The lowest BCUT2D eigenvalue weighted by Gasteiger charge is -2.23. The van der Waals surface area contributed by atoms with E-state index in [4.69, 9.17) is 18.9 Å². The van der Waals surface area contributed by atoms with E-state index < -0.39 is 36.0 Å². The maximum Gasteiger partial charge on any atom is 0.349 e. The van der Waals surface area contributed by atoms with Crippen LogP contribution in [0.15, 0.2) is 78.9 Å². The van der Waals surface area contributed by atoms with Gasteiger partial charge in [0, 0.05) is 6.54 Å². The Morgan fingerprint density at radius 2 is 1.24 bits per heavy atom. The second-order valence-corrected chi connectivity index (χ2v) is 7.66. The Kier molecular flexibility index (Phi) is 9.20. The van der Waals surface area contributed by atoms with Crippen LogP contribution in [-0.4, -0.2) is 55.3 Å². The number of rotatable bonds is 11. The van der Waals surface area contributed by atoms with Crippen LogP contribution >= 0.6 is 0 Å². The quantitative estimate of drug-likeness (QED) is 0.375. The van der Waals surface area contributed by atoms with Gasteiger partial charge in [-0.1, -0.05) is 42.5 Å². The van der Waals surface area contributed by atoms with Crippen LogP contribution in [0, 0.1) is 0 Å². The molecule has 10 nitrogen and oxygen atoms in total. The van der Waals surface area contributed by atoms with Gasteiger partial charge < -0.3 is 29.4 Å². The van der Waals surface area contributed by atoms with E-state index in [0.29, 0.717) is 17.1 Å². The molecule has 37 heavy (non-hydrogen) atoms. The summed E-state index contributed by atoms with van der Waals surface area (Å²) in [6.07, 6.45) is -4.15. The molecule has 0 saturated carbocycles. The first-order valence-electron chi connectivity index (χ1n) is 11.1. The van der Waals surface area contributed by atoms with Gasteiger partial charge in [-0.05, 0) is 42.0 Å². The van der Waals surface area contributed by atoms with Crippen molar-refractivity contribution in [2.75, 3.05) is 14.2 Å². The van der Waals surface area contributed by atoms with Gasteiger partial charge in [-0.25, -0.2) is 14.4 Å². The molecule has 0 spiro atoms. The van der Waals surface area contributed by atoms with E-state index in [2.05, 4.69) is 5.32 Å². The molecule has 0 aliphatic heterocycles. The largest absolute Gasteiger partial charge is 0.497 e. The Morgan fingerprint density at radius 1 is 0.730 bits per heavy atom. The summed E-state index contributed by atoms with van der Waals surface area (Å²) in [7, 11) is 2.80. The van der Waals surface area contributed by atoms with Gasteiger partial charge in [0.2, 0.25) is 12.2 Å². The fourth-order valence-electron chi connectivity index (χ4n) is 3.25. The minimum Gasteiger partial charge on any atom is -0.497 e. The number of aliphatic carboxylic acids is 1. The van der Waals surface area contributed by atoms with Gasteiger partial charge in [0.15, 0.2) is 0 Å². The number of carboxylic acid groups (broad SMARTS) is 1. The monoisotopic (exact) mass is 507 g/mol. The number of methoxy groups -OCH3 is 2. The highest BCUT2D eigenvalue weighted by molar-refractivity contribution is 5.97. The molecule has 2 atom stereocenters. The smallest absolute Gasteiger partial charge is 0.349 e. The van der Waals surface area contributed by atoms with Gasteiger partial charge >= 0.3 is 17.9 Å². The molecular weight excluding hydrogens is 482 g/mol. The van der Waals surface area contributed by atoms with E-state index in [1.807, 2.05) is 0 Å². The van der Waals surface area contributed by atoms with E-state index in [1.165, 1.54) is 50.6 Å². The second kappa shape index (κ2) is 12.7. The minimum atomic E-state index is -2.15. The molecule has 10 heteroatoms. The van der Waals surface area contributed by atoms with Crippen LogP contribution in [0.4, 0.5) is 0 Å². The number of nitrogens with one attached hydrogen (secondary N) is 1. The van der Waals surface area contributed by atoms with Gasteiger partial charge in [-0.15, -0.1) is 0 Å². The van der Waals surface area contributed by atoms with E-state index in [9.17, 15) is 24.3 Å². The summed E-state index contributed by atoms with van der Waals surface area (Å²) >= 11 is 0. The van der Waals surface area contributed by atoms with Gasteiger partial charge in [0.05, 0.1) is 25.3 Å². The molecule has 3 aromatic rings. The van der Waals surface area contributed by atoms with Crippen LogP contribution in [0.2, 0.25) is 0 Å². The predicted octanol–water partition coefficient (Wildman–Crippen LogP) is 2.86. The Hall–Kier alpha value is -4.86. The molecule has 3 aromatic carbocycles. The fraction of sp³-hybridized carbons (Fsp3) is 0.185. The van der Waals surface area contributed by atoms with E-state index in [0.717, 1.165) is 0 Å². The number of benzene rings is 3. The van der Waals surface area contributed by atoms with E-state index in [1.54, 1.807) is 42.5 Å². The van der Waals surface area contributed by atoms with Gasteiger partial charge in [-0.2, -0.15) is 0 Å². The Labute approximate surface area is 212 Å². The molecule has 3 rings (SSSR count). The summed E-state index contributed by atoms with van der Waals surface area (Å²) in [6.45, 7) is 0.0169. The number of esters is 2. The first-order chi connectivity index (χ1) is 17.8. The van der Waals surface area contributed by atoms with Crippen LogP contribution < -0.4 is 14.8 Å². The molecule has 0 saturated heterocycles. The molecule has 0 aliphatic rings. The zero-order valence-corrected chi connectivity index (χ0v) is 20.1. The van der Waals surface area contributed by atoms with Crippen molar-refractivity contribution in [1.29, 1.82) is 0 Å². The topological polar surface area (TPSA) is 137 Å². The minimum absolute atomic E-state index is 0.00321. The maximum atomic E-state index is 13.1. The van der Waals surface area contributed by atoms with Gasteiger partial charge in [0.25, 0.3) is 5.91 Å². The number of carbonyl (C=O) groups excluding carboxylic acids is 3. The maximum absolute atomic E-state index is 13.1. The highest BCUT2D eigenvalue weighted by Gasteiger charge is 2.41. The summed E-state index contributed by atoms with van der Waals surface area (Å²) in [5.74, 6) is -4.03. The number of hydrogen-bond acceptors (Lipinski definition) is 8. The zero-order chi connectivity index (χ0) is 26.8. The SMILES string of the molecule is COc1cccc(C(=O)O[C@@H](C(=O)O)[C@@H](OC(=O)c2cccc(OC)c2)C(=O)NCc2ccccc2)c1. The Bertz CT molecular complexity index is 1260. The molecule has 0 heterocycles. The molecule has 0 radical (unpaired) electrons. The summed E-state index contributed by atoms with van der Waals surface area (Å²) in [4.78, 5) is 50.8. The van der Waals surface area contributed by atoms with Crippen LogP contribution in [0.3, 0.4) is 0 Å². The molecule has 0 aromatic heterocycles. The third-order valence-electron chi connectivity index (χ3n) is 5.17. The fourth-order valence-corrected chi connectivity index (χ4v) is 3.25. The lowest BCUT2D eigenvalue weighted by molar-refractivity contribution is -0.159. The lowest BCUT2D eigenvalue weighted by Crippen LogP contribution is -2.50. The second-order valence-electron chi connectivity index (χ2n) is 7.66. The molecule has 2 N–H and O–H groups in total. The van der Waals surface area contributed by atoms with Crippen LogP contribution in [0.5, 0.6) is 11.5 Å². The first kappa shape index (κ1) is 26.7. The number of carbonyl (C=O) groups is 4. The summed E-state index contributed by atoms with van der Waals surface area (Å²) < 4.78 is 20.6. The molecule has 0 unspecified atom stereocenters. The van der Waals surface area contributed by atoms with Crippen molar-refractivity contribution < 1.29 is 43.2 Å². The molecule has 192 valence electrons. The number of hydrogen-bond donors (Lipinski definition) is 2. The van der Waals surface area contributed by atoms with Crippen molar-refractivity contribution in [2.24, 2.45) is 0 Å². The lowest BCUT2D eigenvalue weighted by atomic mass is 10.1. The average molecular weight is 507 g/mol. The van der Waals surface area contributed by atoms with Crippen molar-refractivity contribution in [1.82, 2.24) is 5.32 Å². The molecule has 1 amide bonds. The van der Waals surface area contributed by atoms with Crippen LogP contribution in [0.25, 0.3) is 0 Å². The molecule has 0 aliphatic carbocycles. The van der Waals surface area contributed by atoms with Crippen molar-refractivity contribution in [3.05, 3.63) is 95.6 Å². The Balaban J connectivity index is 1.87. The van der Waals surface area contributed by atoms with Crippen LogP contribution in [-0.2, 0) is 25.6 Å². The molecule has 0 fully saturated rings. The molecular formula is C27H25NO9. The van der Waals surface area contributed by atoms with E-state index in [-0.39, 0.29) is 17.7 Å². The highest BCUT2D eigenvalue weighted by atomic mass is 16.6. The number of amides is 1. The van der Waals surface area contributed by atoms with Gasteiger partial charge in [-0.3, -0.25) is 4.79 Å². The number of carboxylic acids is 1. The third kappa shape index (κ3) is 7.31. The van der Waals surface area contributed by atoms with Gasteiger partial charge in [0.1, 0.15) is 11.5 Å². The molecule has 0 bridgehead atoms. The van der Waals surface area contributed by atoms with Crippen molar-refractivity contribution in [2.45, 2.75) is 18.8 Å². The van der Waals surface area contributed by atoms with Crippen molar-refractivity contribution in [3.63, 3.8) is 0 Å². The third-order valence-corrected chi connectivity index (χ3v) is 5.17. The van der Waals surface area contributed by atoms with Crippen molar-refractivity contribution >= 4 is 23.8 Å². The predicted molar refractivity (Wildman–Crippen MR) is 130 cm³/mol. The highest BCUT2D eigenvalue weighted by Crippen LogP contribution is 2.18. The van der Waals surface area contributed by atoms with Crippen LogP contribution in [0.1, 0.15) is 26.3 Å². The zero-order valence-electron chi connectivity index (χ0n) is 20.1. The average Bonchev–Trinajstić information content (AvgIpc) is 2.93. The Morgan fingerprint density at radius 3 is 1.73 bits per heavy atom. The standard InChI is InChI=1S/C27H25NO9/c1-34-20-12-6-10-18(14-20)26(32)36-22(24(29)28-16-17-8-4-3-5-9-17)23(25(30)31)37-27(33)19-11-7-13-21(15-19)35-2/h3-15,22-23H,16H2,1-2H3,(H,28,29)(H,30,31)/t22-,23-/m1/s1. The summed E-state index contributed by atoms with van der Waals surface area (Å²) in [5, 5.41) is 12.4. The first-order valence-corrected chi connectivity index (χ1v) is 11.1. The van der Waals surface area contributed by atoms with Crippen molar-refractivity contribution in [3.8, 4) is 11.5 Å². The number of ether oxygens (including phenoxy) is 4. The normalized spacial score (nSPS) is 11.9.